The van der Waals surface area contributed by atoms with E-state index in [1.165, 1.54) is 0 Å². The summed E-state index contributed by atoms with van der Waals surface area (Å²) >= 11 is 0. The topological polar surface area (TPSA) is 60.7 Å². The number of nitrogens with one attached hydrogen (secondary N) is 1. The zero-order valence-electron chi connectivity index (χ0n) is 16.0. The van der Waals surface area contributed by atoms with E-state index in [1.807, 2.05) is 50.2 Å². The van der Waals surface area contributed by atoms with Crippen LogP contribution >= 0.6 is 0 Å². The van der Waals surface area contributed by atoms with E-state index in [0.717, 1.165) is 39.0 Å². The lowest BCUT2D eigenvalue weighted by Crippen LogP contribution is -2.14. The molecule has 5 nitrogen and oxygen atoms in total. The third kappa shape index (κ3) is 3.82. The normalized spacial score (nSPS) is 11.5. The molecule has 27 heavy (non-hydrogen) atoms. The van der Waals surface area contributed by atoms with E-state index in [0.29, 0.717) is 12.4 Å². The molecule has 1 heterocycles. The highest BCUT2D eigenvalue weighted by molar-refractivity contribution is 6.00. The lowest BCUT2D eigenvalue weighted by atomic mass is 9.99. The number of amides is 1. The average molecular weight is 365 g/mol. The molecule has 1 N–H and O–H groups in total. The highest BCUT2D eigenvalue weighted by Crippen LogP contribution is 2.38. The standard InChI is InChI=1S/C22H23NO4/c1-5-26-20-12-21-18(11-17(20)14(2)9-22(24)23-3)19(13-27-21)15-7-6-8-16(10-15)25-4/h6-13H,5H2,1-4H3,(H,23,24)/b14-9+. The van der Waals surface area contributed by atoms with E-state index in [-0.39, 0.29) is 5.91 Å². The van der Waals surface area contributed by atoms with Crippen LogP contribution in [0.15, 0.2) is 53.2 Å². The maximum atomic E-state index is 11.8. The number of likely N-dealkylation sites (N-methyl/N-ethyl adjacent to an activating group) is 1. The maximum Gasteiger partial charge on any atom is 0.244 e. The van der Waals surface area contributed by atoms with E-state index < -0.39 is 0 Å². The van der Waals surface area contributed by atoms with Gasteiger partial charge in [-0.05, 0) is 43.2 Å². The van der Waals surface area contributed by atoms with Gasteiger partial charge in [0.15, 0.2) is 0 Å². The van der Waals surface area contributed by atoms with Crippen molar-refractivity contribution in [3.63, 3.8) is 0 Å². The van der Waals surface area contributed by atoms with Gasteiger partial charge in [-0.1, -0.05) is 12.1 Å². The first-order valence-electron chi connectivity index (χ1n) is 8.80. The van der Waals surface area contributed by atoms with E-state index >= 15 is 0 Å². The minimum Gasteiger partial charge on any atom is -0.497 e. The molecule has 0 aliphatic carbocycles. The minimum absolute atomic E-state index is 0.157. The van der Waals surface area contributed by atoms with E-state index in [1.54, 1.807) is 26.5 Å². The van der Waals surface area contributed by atoms with Crippen molar-refractivity contribution >= 4 is 22.4 Å². The molecule has 3 aromatic rings. The van der Waals surface area contributed by atoms with Crippen molar-refractivity contribution in [2.45, 2.75) is 13.8 Å². The Balaban J connectivity index is 2.18. The summed E-state index contributed by atoms with van der Waals surface area (Å²) in [5, 5.41) is 3.56. The molecule has 0 spiro atoms. The van der Waals surface area contributed by atoms with Gasteiger partial charge in [0, 0.05) is 35.7 Å². The van der Waals surface area contributed by atoms with Crippen LogP contribution in [-0.2, 0) is 4.79 Å². The Bertz CT molecular complexity index is 1000. The van der Waals surface area contributed by atoms with Crippen LogP contribution in [0.2, 0.25) is 0 Å². The molecule has 140 valence electrons. The predicted octanol–water partition coefficient (Wildman–Crippen LogP) is 4.66. The second-order valence-electron chi connectivity index (χ2n) is 6.10. The van der Waals surface area contributed by atoms with Crippen LogP contribution in [0, 0.1) is 0 Å². The Morgan fingerprint density at radius 3 is 2.78 bits per heavy atom. The Kier molecular flexibility index (Phi) is 5.50. The highest BCUT2D eigenvalue weighted by Gasteiger charge is 2.15. The number of furan rings is 1. The van der Waals surface area contributed by atoms with Crippen LogP contribution in [0.4, 0.5) is 0 Å². The highest BCUT2D eigenvalue weighted by atomic mass is 16.5. The molecular formula is C22H23NO4. The second kappa shape index (κ2) is 7.99. The molecule has 0 saturated carbocycles. The Morgan fingerprint density at radius 1 is 1.26 bits per heavy atom. The molecule has 0 aliphatic rings. The fourth-order valence-corrected chi connectivity index (χ4v) is 3.00. The molecule has 1 aromatic heterocycles. The quantitative estimate of drug-likeness (QED) is 0.646. The number of hydrogen-bond donors (Lipinski definition) is 1. The van der Waals surface area contributed by atoms with Gasteiger partial charge in [0.1, 0.15) is 17.1 Å². The summed E-state index contributed by atoms with van der Waals surface area (Å²) in [4.78, 5) is 11.8. The smallest absolute Gasteiger partial charge is 0.244 e. The van der Waals surface area contributed by atoms with Crippen molar-refractivity contribution in [2.75, 3.05) is 20.8 Å². The monoisotopic (exact) mass is 365 g/mol. The van der Waals surface area contributed by atoms with Crippen LogP contribution < -0.4 is 14.8 Å². The summed E-state index contributed by atoms with van der Waals surface area (Å²) in [7, 11) is 3.25. The minimum atomic E-state index is -0.157. The first-order chi connectivity index (χ1) is 13.1. The zero-order chi connectivity index (χ0) is 19.4. The number of rotatable bonds is 6. The van der Waals surface area contributed by atoms with Crippen molar-refractivity contribution in [1.82, 2.24) is 5.32 Å². The number of fused-ring (bicyclic) bond motifs is 1. The van der Waals surface area contributed by atoms with Crippen LogP contribution in [0.3, 0.4) is 0 Å². The summed E-state index contributed by atoms with van der Waals surface area (Å²) in [6.07, 6.45) is 3.30. The van der Waals surface area contributed by atoms with Gasteiger partial charge in [-0.2, -0.15) is 0 Å². The van der Waals surface area contributed by atoms with Gasteiger partial charge in [-0.25, -0.2) is 0 Å². The van der Waals surface area contributed by atoms with Gasteiger partial charge in [0.05, 0.1) is 20.0 Å². The van der Waals surface area contributed by atoms with E-state index in [2.05, 4.69) is 5.32 Å². The molecular weight excluding hydrogens is 342 g/mol. The molecule has 5 heteroatoms. The molecule has 0 radical (unpaired) electrons. The van der Waals surface area contributed by atoms with Crippen molar-refractivity contribution in [2.24, 2.45) is 0 Å². The van der Waals surface area contributed by atoms with Crippen molar-refractivity contribution in [3.8, 4) is 22.6 Å². The van der Waals surface area contributed by atoms with Crippen molar-refractivity contribution in [3.05, 3.63) is 54.3 Å². The average Bonchev–Trinajstić information content (AvgIpc) is 3.10. The largest absolute Gasteiger partial charge is 0.497 e. The number of methoxy groups -OCH3 is 1. The van der Waals surface area contributed by atoms with E-state index in [4.69, 9.17) is 13.9 Å². The summed E-state index contributed by atoms with van der Waals surface area (Å²) < 4.78 is 16.9. The predicted molar refractivity (Wildman–Crippen MR) is 107 cm³/mol. The van der Waals surface area contributed by atoms with Crippen LogP contribution in [0.1, 0.15) is 19.4 Å². The molecule has 2 aromatic carbocycles. The van der Waals surface area contributed by atoms with Gasteiger partial charge in [-0.15, -0.1) is 0 Å². The summed E-state index contributed by atoms with van der Waals surface area (Å²) in [6, 6.07) is 11.7. The Morgan fingerprint density at radius 2 is 2.07 bits per heavy atom. The first-order valence-corrected chi connectivity index (χ1v) is 8.80. The molecule has 0 aliphatic heterocycles. The molecule has 0 atom stereocenters. The van der Waals surface area contributed by atoms with Crippen molar-refractivity contribution < 1.29 is 18.7 Å². The van der Waals surface area contributed by atoms with Crippen LogP contribution in [-0.4, -0.2) is 26.7 Å². The molecule has 1 amide bonds. The second-order valence-corrected chi connectivity index (χ2v) is 6.10. The van der Waals surface area contributed by atoms with Crippen molar-refractivity contribution in [1.29, 1.82) is 0 Å². The maximum absolute atomic E-state index is 11.8. The summed E-state index contributed by atoms with van der Waals surface area (Å²) in [5.41, 5.74) is 4.36. The van der Waals surface area contributed by atoms with Gasteiger partial charge in [0.2, 0.25) is 5.91 Å². The fraction of sp³-hybridized carbons (Fsp3) is 0.227. The molecule has 0 fully saturated rings. The number of carbonyl (C=O) groups excluding carboxylic acids is 1. The number of carbonyl (C=O) groups is 1. The SMILES string of the molecule is CCOc1cc2occ(-c3cccc(OC)c3)c2cc1/C(C)=C/C(=O)NC. The third-order valence-corrected chi connectivity index (χ3v) is 4.38. The molecule has 0 bridgehead atoms. The number of allylic oxidation sites excluding steroid dienone is 1. The summed E-state index contributed by atoms with van der Waals surface area (Å²) in [5.74, 6) is 1.31. The Hall–Kier alpha value is -3.21. The molecule has 0 unspecified atom stereocenters. The number of hydrogen-bond acceptors (Lipinski definition) is 4. The first kappa shape index (κ1) is 18.6. The van der Waals surface area contributed by atoms with Gasteiger partial charge >= 0.3 is 0 Å². The van der Waals surface area contributed by atoms with Gasteiger partial charge in [-0.3, -0.25) is 4.79 Å². The number of benzene rings is 2. The third-order valence-electron chi connectivity index (χ3n) is 4.38. The molecule has 3 rings (SSSR count). The van der Waals surface area contributed by atoms with Gasteiger partial charge < -0.3 is 19.2 Å². The Labute approximate surface area is 158 Å². The fourth-order valence-electron chi connectivity index (χ4n) is 3.00. The lowest BCUT2D eigenvalue weighted by Gasteiger charge is -2.11. The van der Waals surface area contributed by atoms with E-state index in [9.17, 15) is 4.79 Å². The number of ether oxygens (including phenoxy) is 2. The van der Waals surface area contributed by atoms with Crippen LogP contribution in [0.25, 0.3) is 27.7 Å². The zero-order valence-corrected chi connectivity index (χ0v) is 16.0. The molecule has 0 saturated heterocycles. The lowest BCUT2D eigenvalue weighted by molar-refractivity contribution is -0.116. The van der Waals surface area contributed by atoms with Gasteiger partial charge in [0.25, 0.3) is 0 Å². The van der Waals surface area contributed by atoms with Crippen LogP contribution in [0.5, 0.6) is 11.5 Å². The summed E-state index contributed by atoms with van der Waals surface area (Å²) in [6.45, 7) is 4.34.